The molecule has 2 heterocycles. The Labute approximate surface area is 75.6 Å². The van der Waals surface area contributed by atoms with Crippen molar-refractivity contribution in [2.75, 3.05) is 20.3 Å². The number of hydrogen-bond acceptors (Lipinski definition) is 5. The molecule has 0 aromatic carbocycles. The van der Waals surface area contributed by atoms with Crippen LogP contribution in [0.2, 0.25) is 0 Å². The van der Waals surface area contributed by atoms with Crippen LogP contribution in [0.4, 0.5) is 0 Å². The third-order valence-corrected chi connectivity index (χ3v) is 2.55. The summed E-state index contributed by atoms with van der Waals surface area (Å²) in [6.45, 7) is 2.53. The minimum atomic E-state index is -1.00. The largest absolute Gasteiger partial charge is 0.466 e. The van der Waals surface area contributed by atoms with Crippen molar-refractivity contribution in [2.45, 2.75) is 12.5 Å². The molecule has 1 saturated heterocycles. The number of hydrogen-bond donors (Lipinski definition) is 0. The molecule has 5 nitrogen and oxygen atoms in total. The minimum Gasteiger partial charge on any atom is -0.466 e. The quantitative estimate of drug-likeness (QED) is 0.537. The standard InChI is InChI=1S/C8H11NO4/c1-5-6-3-12-4-8(6,13-9-5)7(10)11-2/h6H,3-4H2,1-2H3. The summed E-state index contributed by atoms with van der Waals surface area (Å²) < 4.78 is 9.87. The van der Waals surface area contributed by atoms with Gasteiger partial charge in [-0.3, -0.25) is 0 Å². The average molecular weight is 185 g/mol. The first-order valence-corrected chi connectivity index (χ1v) is 4.09. The maximum atomic E-state index is 11.5. The van der Waals surface area contributed by atoms with Gasteiger partial charge >= 0.3 is 5.97 Å². The van der Waals surface area contributed by atoms with Gasteiger partial charge in [-0.25, -0.2) is 4.79 Å². The summed E-state index contributed by atoms with van der Waals surface area (Å²) in [7, 11) is 1.34. The van der Waals surface area contributed by atoms with Crippen molar-refractivity contribution in [3.8, 4) is 0 Å². The van der Waals surface area contributed by atoms with Gasteiger partial charge in [-0.2, -0.15) is 0 Å². The Morgan fingerprint density at radius 2 is 2.54 bits per heavy atom. The van der Waals surface area contributed by atoms with Crippen LogP contribution in [0.25, 0.3) is 0 Å². The number of methoxy groups -OCH3 is 1. The van der Waals surface area contributed by atoms with Crippen LogP contribution in [0.5, 0.6) is 0 Å². The molecule has 1 fully saturated rings. The Kier molecular flexibility index (Phi) is 1.76. The zero-order chi connectivity index (χ0) is 9.47. The summed E-state index contributed by atoms with van der Waals surface area (Å²) in [6.07, 6.45) is 0. The highest BCUT2D eigenvalue weighted by Crippen LogP contribution is 2.36. The fourth-order valence-electron chi connectivity index (χ4n) is 1.74. The molecular formula is C8H11NO4. The molecule has 0 radical (unpaired) electrons. The Bertz CT molecular complexity index is 275. The van der Waals surface area contributed by atoms with Gasteiger partial charge in [0.25, 0.3) is 5.60 Å². The smallest absolute Gasteiger partial charge is 0.356 e. The Morgan fingerprint density at radius 1 is 1.77 bits per heavy atom. The summed E-state index contributed by atoms with van der Waals surface area (Å²) in [5.41, 5.74) is -0.207. The molecule has 2 aliphatic heterocycles. The highest BCUT2D eigenvalue weighted by atomic mass is 16.7. The van der Waals surface area contributed by atoms with Crippen molar-refractivity contribution < 1.29 is 19.1 Å². The number of esters is 1. The summed E-state index contributed by atoms with van der Waals surface area (Å²) in [5, 5.41) is 3.80. The zero-order valence-corrected chi connectivity index (χ0v) is 7.57. The molecule has 2 atom stereocenters. The predicted molar refractivity (Wildman–Crippen MR) is 43.3 cm³/mol. The fraction of sp³-hybridized carbons (Fsp3) is 0.750. The van der Waals surface area contributed by atoms with Crippen LogP contribution >= 0.6 is 0 Å². The van der Waals surface area contributed by atoms with Gasteiger partial charge in [0, 0.05) is 0 Å². The van der Waals surface area contributed by atoms with Crippen molar-refractivity contribution in [1.29, 1.82) is 0 Å². The van der Waals surface area contributed by atoms with Crippen LogP contribution in [0, 0.1) is 5.92 Å². The molecule has 13 heavy (non-hydrogen) atoms. The van der Waals surface area contributed by atoms with E-state index >= 15 is 0 Å². The van der Waals surface area contributed by atoms with Gasteiger partial charge in [0.1, 0.15) is 6.61 Å². The normalized spacial score (nSPS) is 36.5. The Hall–Kier alpha value is -1.10. The van der Waals surface area contributed by atoms with Crippen LogP contribution in [0.1, 0.15) is 6.92 Å². The van der Waals surface area contributed by atoms with Gasteiger partial charge < -0.3 is 14.3 Å². The van der Waals surface area contributed by atoms with Gasteiger partial charge in [0.05, 0.1) is 25.3 Å². The molecule has 72 valence electrons. The SMILES string of the molecule is COC(=O)C12COCC1C(C)=NO2. The van der Waals surface area contributed by atoms with Crippen molar-refractivity contribution in [3.63, 3.8) is 0 Å². The summed E-state index contributed by atoms with van der Waals surface area (Å²) in [4.78, 5) is 16.6. The van der Waals surface area contributed by atoms with E-state index in [-0.39, 0.29) is 12.5 Å². The number of oxime groups is 1. The van der Waals surface area contributed by atoms with Crippen LogP contribution in [0.3, 0.4) is 0 Å². The van der Waals surface area contributed by atoms with Gasteiger partial charge in [-0.15, -0.1) is 0 Å². The van der Waals surface area contributed by atoms with E-state index in [4.69, 9.17) is 9.57 Å². The lowest BCUT2D eigenvalue weighted by Crippen LogP contribution is -2.46. The van der Waals surface area contributed by atoms with Gasteiger partial charge in [0.15, 0.2) is 0 Å². The lowest BCUT2D eigenvalue weighted by atomic mass is 9.88. The first kappa shape index (κ1) is 8.50. The minimum absolute atomic E-state index is 0.0834. The second-order valence-electron chi connectivity index (χ2n) is 3.27. The lowest BCUT2D eigenvalue weighted by molar-refractivity contribution is -0.169. The van der Waals surface area contributed by atoms with Crippen LogP contribution in [0.15, 0.2) is 5.16 Å². The third kappa shape index (κ3) is 0.966. The first-order valence-electron chi connectivity index (χ1n) is 4.09. The van der Waals surface area contributed by atoms with E-state index < -0.39 is 11.6 Å². The van der Waals surface area contributed by atoms with E-state index in [1.807, 2.05) is 6.92 Å². The molecule has 0 aliphatic carbocycles. The second kappa shape index (κ2) is 2.70. The maximum Gasteiger partial charge on any atom is 0.356 e. The summed E-state index contributed by atoms with van der Waals surface area (Å²) >= 11 is 0. The fourth-order valence-corrected chi connectivity index (χ4v) is 1.74. The molecule has 2 unspecified atom stereocenters. The third-order valence-electron chi connectivity index (χ3n) is 2.55. The maximum absolute atomic E-state index is 11.5. The van der Waals surface area contributed by atoms with Crippen molar-refractivity contribution in [3.05, 3.63) is 0 Å². The molecule has 0 spiro atoms. The molecule has 5 heteroatoms. The molecule has 2 rings (SSSR count). The number of carbonyl (C=O) groups excluding carboxylic acids is 1. The number of rotatable bonds is 1. The summed E-state index contributed by atoms with van der Waals surface area (Å²) in [5.74, 6) is -0.490. The molecule has 0 aromatic rings. The van der Waals surface area contributed by atoms with E-state index in [0.29, 0.717) is 6.61 Å². The Morgan fingerprint density at radius 3 is 3.23 bits per heavy atom. The molecule has 0 saturated carbocycles. The lowest BCUT2D eigenvalue weighted by Gasteiger charge is -2.20. The van der Waals surface area contributed by atoms with E-state index in [1.54, 1.807) is 0 Å². The van der Waals surface area contributed by atoms with Crippen molar-refractivity contribution in [2.24, 2.45) is 11.1 Å². The van der Waals surface area contributed by atoms with Crippen molar-refractivity contribution >= 4 is 11.7 Å². The molecular weight excluding hydrogens is 174 g/mol. The number of ether oxygens (including phenoxy) is 2. The second-order valence-corrected chi connectivity index (χ2v) is 3.27. The van der Waals surface area contributed by atoms with Gasteiger partial charge in [0.2, 0.25) is 0 Å². The molecule has 0 aromatic heterocycles. The summed E-state index contributed by atoms with van der Waals surface area (Å²) in [6, 6.07) is 0. The topological polar surface area (TPSA) is 57.1 Å². The molecule has 0 N–H and O–H groups in total. The molecule has 0 amide bonds. The van der Waals surface area contributed by atoms with E-state index in [9.17, 15) is 4.79 Å². The number of nitrogens with zero attached hydrogens (tertiary/aromatic N) is 1. The van der Waals surface area contributed by atoms with Gasteiger partial charge in [-0.1, -0.05) is 5.16 Å². The highest BCUT2D eigenvalue weighted by molar-refractivity contribution is 5.95. The molecule has 0 bridgehead atoms. The molecule has 2 aliphatic rings. The number of fused-ring (bicyclic) bond motifs is 1. The van der Waals surface area contributed by atoms with Crippen LogP contribution in [-0.2, 0) is 19.1 Å². The van der Waals surface area contributed by atoms with Gasteiger partial charge in [-0.05, 0) is 6.92 Å². The van der Waals surface area contributed by atoms with Crippen LogP contribution in [-0.4, -0.2) is 37.6 Å². The first-order chi connectivity index (χ1) is 6.20. The monoisotopic (exact) mass is 185 g/mol. The van der Waals surface area contributed by atoms with Crippen molar-refractivity contribution in [1.82, 2.24) is 0 Å². The van der Waals surface area contributed by atoms with E-state index in [2.05, 4.69) is 9.89 Å². The number of carbonyl (C=O) groups is 1. The Balaban J connectivity index is 2.28. The van der Waals surface area contributed by atoms with E-state index in [1.165, 1.54) is 7.11 Å². The highest BCUT2D eigenvalue weighted by Gasteiger charge is 2.59. The zero-order valence-electron chi connectivity index (χ0n) is 7.57. The van der Waals surface area contributed by atoms with E-state index in [0.717, 1.165) is 5.71 Å². The van der Waals surface area contributed by atoms with Crippen LogP contribution < -0.4 is 0 Å². The predicted octanol–water partition coefficient (Wildman–Crippen LogP) is -0.0493. The average Bonchev–Trinajstić information content (AvgIpc) is 2.67.